The number of rotatable bonds is 6. The van der Waals surface area contributed by atoms with Gasteiger partial charge in [-0.25, -0.2) is 0 Å². The van der Waals surface area contributed by atoms with Gasteiger partial charge in [0.05, 0.1) is 5.56 Å². The topological polar surface area (TPSA) is 12.0 Å². The molecule has 0 radical (unpaired) electrons. The largest absolute Gasteiger partial charge is 0.416 e. The number of benzene rings is 1. The predicted octanol–water partition coefficient (Wildman–Crippen LogP) is 4.53. The first-order chi connectivity index (χ1) is 9.20. The second-order valence-corrected chi connectivity index (χ2v) is 4.40. The van der Waals surface area contributed by atoms with Gasteiger partial charge in [-0.15, -0.1) is 0 Å². The van der Waals surface area contributed by atoms with Gasteiger partial charge in [-0.3, -0.25) is 0 Å². The third-order valence-electron chi connectivity index (χ3n) is 2.70. The highest BCUT2D eigenvalue weighted by molar-refractivity contribution is 5.29. The van der Waals surface area contributed by atoms with Crippen molar-refractivity contribution in [3.8, 4) is 0 Å². The van der Waals surface area contributed by atoms with E-state index < -0.39 is 24.3 Å². The monoisotopic (exact) mass is 299 g/mol. The lowest BCUT2D eigenvalue weighted by atomic mass is 10.1. The highest BCUT2D eigenvalue weighted by Gasteiger charge is 2.32. The molecule has 0 bridgehead atoms. The van der Waals surface area contributed by atoms with E-state index in [9.17, 15) is 26.3 Å². The molecule has 0 unspecified atom stereocenters. The Balaban J connectivity index is 2.36. The summed E-state index contributed by atoms with van der Waals surface area (Å²) in [6, 6.07) is 5.14. The number of hydrogen-bond donors (Lipinski definition) is 1. The first kappa shape index (κ1) is 16.8. The first-order valence-electron chi connectivity index (χ1n) is 6.13. The molecular formula is C13H15F6N. The van der Waals surface area contributed by atoms with Crippen molar-refractivity contribution in [2.24, 2.45) is 0 Å². The molecule has 0 aliphatic rings. The Morgan fingerprint density at radius 2 is 1.55 bits per heavy atom. The Morgan fingerprint density at radius 1 is 0.900 bits per heavy atom. The Labute approximate surface area is 113 Å². The lowest BCUT2D eigenvalue weighted by molar-refractivity contribution is -0.138. The molecule has 0 amide bonds. The van der Waals surface area contributed by atoms with Crippen LogP contribution in [0.5, 0.6) is 0 Å². The van der Waals surface area contributed by atoms with E-state index in [0.717, 1.165) is 6.07 Å². The SMILES string of the molecule is FC(F)(F)CCCCNCc1ccccc1C(F)(F)F. The summed E-state index contributed by atoms with van der Waals surface area (Å²) in [7, 11) is 0. The van der Waals surface area contributed by atoms with Crippen LogP contribution in [0.4, 0.5) is 26.3 Å². The van der Waals surface area contributed by atoms with Gasteiger partial charge in [0.15, 0.2) is 0 Å². The molecule has 0 saturated carbocycles. The van der Waals surface area contributed by atoms with E-state index in [1.165, 1.54) is 18.2 Å². The van der Waals surface area contributed by atoms with Crippen LogP contribution in [0.1, 0.15) is 30.4 Å². The molecule has 0 atom stereocenters. The molecule has 1 aromatic carbocycles. The standard InChI is InChI=1S/C13H15F6N/c14-12(15,16)7-3-4-8-20-9-10-5-1-2-6-11(10)13(17,18)19/h1-2,5-6,20H,3-4,7-9H2. The summed E-state index contributed by atoms with van der Waals surface area (Å²) in [6.07, 6.45) is -9.23. The number of hydrogen-bond acceptors (Lipinski definition) is 1. The normalized spacial score (nSPS) is 12.7. The molecule has 0 fully saturated rings. The van der Waals surface area contributed by atoms with Crippen LogP contribution in [0.3, 0.4) is 0 Å². The molecule has 1 N–H and O–H groups in total. The molecular weight excluding hydrogens is 284 g/mol. The smallest absolute Gasteiger partial charge is 0.313 e. The van der Waals surface area contributed by atoms with Gasteiger partial charge in [-0.05, 0) is 31.0 Å². The third-order valence-corrected chi connectivity index (χ3v) is 2.70. The summed E-state index contributed by atoms with van der Waals surface area (Å²) in [6.45, 7) is 0.240. The summed E-state index contributed by atoms with van der Waals surface area (Å²) in [4.78, 5) is 0. The number of nitrogens with one attached hydrogen (secondary N) is 1. The molecule has 0 aromatic heterocycles. The van der Waals surface area contributed by atoms with Gasteiger partial charge in [0.2, 0.25) is 0 Å². The molecule has 1 aromatic rings. The van der Waals surface area contributed by atoms with E-state index in [1.807, 2.05) is 0 Å². The van der Waals surface area contributed by atoms with Crippen molar-refractivity contribution >= 4 is 0 Å². The van der Waals surface area contributed by atoms with Crippen LogP contribution < -0.4 is 5.32 Å². The van der Waals surface area contributed by atoms with Crippen LogP contribution >= 0.6 is 0 Å². The minimum Gasteiger partial charge on any atom is -0.313 e. The third kappa shape index (κ3) is 6.27. The highest BCUT2D eigenvalue weighted by atomic mass is 19.4. The zero-order chi connectivity index (χ0) is 15.2. The van der Waals surface area contributed by atoms with E-state index in [2.05, 4.69) is 5.32 Å². The van der Waals surface area contributed by atoms with E-state index in [0.29, 0.717) is 0 Å². The van der Waals surface area contributed by atoms with E-state index in [-0.39, 0.29) is 31.5 Å². The van der Waals surface area contributed by atoms with Crippen LogP contribution in [-0.4, -0.2) is 12.7 Å². The van der Waals surface area contributed by atoms with E-state index in [1.54, 1.807) is 0 Å². The highest BCUT2D eigenvalue weighted by Crippen LogP contribution is 2.31. The van der Waals surface area contributed by atoms with E-state index >= 15 is 0 Å². The molecule has 0 spiro atoms. The molecule has 7 heteroatoms. The summed E-state index contributed by atoms with van der Waals surface area (Å²) in [5.41, 5.74) is -0.626. The Morgan fingerprint density at radius 3 is 2.15 bits per heavy atom. The number of halogens is 6. The van der Waals surface area contributed by atoms with Crippen LogP contribution in [0.25, 0.3) is 0 Å². The van der Waals surface area contributed by atoms with Gasteiger partial charge in [-0.1, -0.05) is 18.2 Å². The number of unbranched alkanes of at least 4 members (excludes halogenated alkanes) is 1. The molecule has 1 nitrogen and oxygen atoms in total. The maximum Gasteiger partial charge on any atom is 0.416 e. The maximum atomic E-state index is 12.7. The lowest BCUT2D eigenvalue weighted by Crippen LogP contribution is -2.19. The molecule has 0 aliphatic carbocycles. The van der Waals surface area contributed by atoms with Crippen LogP contribution in [0, 0.1) is 0 Å². The molecule has 0 saturated heterocycles. The van der Waals surface area contributed by atoms with Crippen molar-refractivity contribution in [3.63, 3.8) is 0 Å². The summed E-state index contributed by atoms with van der Waals surface area (Å²) < 4.78 is 73.6. The van der Waals surface area contributed by atoms with Gasteiger partial charge >= 0.3 is 12.4 Å². The van der Waals surface area contributed by atoms with Crippen LogP contribution in [0.15, 0.2) is 24.3 Å². The summed E-state index contributed by atoms with van der Waals surface area (Å²) in [5, 5.41) is 2.73. The fraction of sp³-hybridized carbons (Fsp3) is 0.538. The first-order valence-corrected chi connectivity index (χ1v) is 6.13. The van der Waals surface area contributed by atoms with Crippen LogP contribution in [-0.2, 0) is 12.7 Å². The second kappa shape index (κ2) is 6.97. The van der Waals surface area contributed by atoms with Crippen molar-refractivity contribution < 1.29 is 26.3 Å². The quantitative estimate of drug-likeness (QED) is 0.601. The Kier molecular flexibility index (Phi) is 5.86. The van der Waals surface area contributed by atoms with Gasteiger partial charge in [-0.2, -0.15) is 26.3 Å². The van der Waals surface area contributed by atoms with Crippen molar-refractivity contribution in [1.82, 2.24) is 5.32 Å². The van der Waals surface area contributed by atoms with Crippen molar-refractivity contribution in [2.45, 2.75) is 38.2 Å². The van der Waals surface area contributed by atoms with Crippen molar-refractivity contribution in [2.75, 3.05) is 6.54 Å². The molecule has 1 rings (SSSR count). The predicted molar refractivity (Wildman–Crippen MR) is 63.1 cm³/mol. The molecule has 0 heterocycles. The zero-order valence-corrected chi connectivity index (χ0v) is 10.6. The lowest BCUT2D eigenvalue weighted by Gasteiger charge is -2.13. The average molecular weight is 299 g/mol. The number of alkyl halides is 6. The van der Waals surface area contributed by atoms with Gasteiger partial charge in [0, 0.05) is 13.0 Å². The average Bonchev–Trinajstić information content (AvgIpc) is 2.31. The minimum absolute atomic E-state index is 0.0122. The second-order valence-electron chi connectivity index (χ2n) is 4.40. The zero-order valence-electron chi connectivity index (χ0n) is 10.6. The molecule has 114 valence electrons. The Bertz CT molecular complexity index is 410. The fourth-order valence-electron chi connectivity index (χ4n) is 1.75. The van der Waals surface area contributed by atoms with Crippen LogP contribution in [0.2, 0.25) is 0 Å². The van der Waals surface area contributed by atoms with Gasteiger partial charge < -0.3 is 5.32 Å². The minimum atomic E-state index is -4.42. The fourth-order valence-corrected chi connectivity index (χ4v) is 1.75. The maximum absolute atomic E-state index is 12.7. The summed E-state index contributed by atoms with van der Waals surface area (Å²) >= 11 is 0. The Hall–Kier alpha value is -1.24. The van der Waals surface area contributed by atoms with E-state index in [4.69, 9.17) is 0 Å². The van der Waals surface area contributed by atoms with Crippen molar-refractivity contribution in [1.29, 1.82) is 0 Å². The van der Waals surface area contributed by atoms with Gasteiger partial charge in [0.25, 0.3) is 0 Å². The molecule has 20 heavy (non-hydrogen) atoms. The van der Waals surface area contributed by atoms with Crippen molar-refractivity contribution in [3.05, 3.63) is 35.4 Å². The summed E-state index contributed by atoms with van der Waals surface area (Å²) in [5.74, 6) is 0. The molecule has 0 aliphatic heterocycles. The van der Waals surface area contributed by atoms with Gasteiger partial charge in [0.1, 0.15) is 0 Å².